The normalized spacial score (nSPS) is 10.9. The molecule has 0 saturated heterocycles. The number of fused-ring (bicyclic) bond motifs is 1. The number of aromatic nitrogens is 2. The Morgan fingerprint density at radius 1 is 0.700 bits per heavy atom. The predicted molar refractivity (Wildman–Crippen MR) is 119 cm³/mol. The van der Waals surface area contributed by atoms with Crippen molar-refractivity contribution in [2.45, 2.75) is 0 Å². The smallest absolute Gasteiger partial charge is 0.335 e. The second-order valence-electron chi connectivity index (χ2n) is 7.11. The summed E-state index contributed by atoms with van der Waals surface area (Å²) in [5.41, 5.74) is 7.09. The summed E-state index contributed by atoms with van der Waals surface area (Å²) in [5, 5.41) is 10.2. The van der Waals surface area contributed by atoms with Crippen molar-refractivity contribution in [1.29, 1.82) is 0 Å². The summed E-state index contributed by atoms with van der Waals surface area (Å²) in [7, 11) is 0. The first kappa shape index (κ1) is 17.9. The van der Waals surface area contributed by atoms with Crippen LogP contribution < -0.4 is 0 Å². The minimum Gasteiger partial charge on any atom is -0.478 e. The third kappa shape index (κ3) is 3.25. The zero-order chi connectivity index (χ0) is 20.5. The van der Waals surface area contributed by atoms with Crippen LogP contribution in [-0.2, 0) is 0 Å². The molecule has 0 spiro atoms. The number of nitrogens with one attached hydrogen (secondary N) is 1. The third-order valence-electron chi connectivity index (χ3n) is 5.21. The monoisotopic (exact) mass is 390 g/mol. The van der Waals surface area contributed by atoms with E-state index in [0.29, 0.717) is 0 Å². The van der Waals surface area contributed by atoms with E-state index >= 15 is 0 Å². The van der Waals surface area contributed by atoms with Gasteiger partial charge in [-0.15, -0.1) is 0 Å². The summed E-state index contributed by atoms with van der Waals surface area (Å²) in [4.78, 5) is 19.4. The van der Waals surface area contributed by atoms with Gasteiger partial charge in [0.15, 0.2) is 0 Å². The molecule has 0 aliphatic carbocycles. The Balaban J connectivity index is 1.55. The highest BCUT2D eigenvalue weighted by molar-refractivity contribution is 5.94. The molecule has 4 nitrogen and oxygen atoms in total. The Morgan fingerprint density at radius 3 is 2.23 bits per heavy atom. The fourth-order valence-electron chi connectivity index (χ4n) is 3.65. The van der Waals surface area contributed by atoms with Crippen LogP contribution in [0.5, 0.6) is 0 Å². The standard InChI is InChI=1S/C26H18N2O2/c29-26(30)20-11-9-18(10-12-20)22-15-16-23(27-22)24-14-13-19-7-4-8-21(25(19)28-24)17-5-2-1-3-6-17/h1-16,27H,(H,29,30). The van der Waals surface area contributed by atoms with Crippen LogP contribution in [0.1, 0.15) is 10.4 Å². The van der Waals surface area contributed by atoms with Crippen LogP contribution in [0.3, 0.4) is 0 Å². The highest BCUT2D eigenvalue weighted by Gasteiger charge is 2.10. The Bertz CT molecular complexity index is 1350. The third-order valence-corrected chi connectivity index (χ3v) is 5.21. The molecule has 0 amide bonds. The maximum atomic E-state index is 11.1. The molecule has 2 N–H and O–H groups in total. The van der Waals surface area contributed by atoms with E-state index in [0.717, 1.165) is 44.7 Å². The predicted octanol–water partition coefficient (Wildman–Crippen LogP) is 6.26. The number of aromatic carboxylic acids is 1. The summed E-state index contributed by atoms with van der Waals surface area (Å²) >= 11 is 0. The number of pyridine rings is 1. The second-order valence-corrected chi connectivity index (χ2v) is 7.11. The molecule has 0 saturated carbocycles. The lowest BCUT2D eigenvalue weighted by molar-refractivity contribution is 0.0697. The maximum Gasteiger partial charge on any atom is 0.335 e. The van der Waals surface area contributed by atoms with Crippen molar-refractivity contribution in [3.8, 4) is 33.8 Å². The van der Waals surface area contributed by atoms with E-state index in [1.165, 1.54) is 0 Å². The van der Waals surface area contributed by atoms with E-state index in [1.54, 1.807) is 24.3 Å². The van der Waals surface area contributed by atoms with Gasteiger partial charge < -0.3 is 10.1 Å². The number of rotatable bonds is 4. The summed E-state index contributed by atoms with van der Waals surface area (Å²) in [6.45, 7) is 0. The molecular formula is C26H18N2O2. The van der Waals surface area contributed by atoms with Gasteiger partial charge >= 0.3 is 5.97 Å². The van der Waals surface area contributed by atoms with Gasteiger partial charge in [0.25, 0.3) is 0 Å². The van der Waals surface area contributed by atoms with E-state index in [9.17, 15) is 4.79 Å². The fourth-order valence-corrected chi connectivity index (χ4v) is 3.65. The van der Waals surface area contributed by atoms with Crippen LogP contribution >= 0.6 is 0 Å². The molecule has 0 unspecified atom stereocenters. The van der Waals surface area contributed by atoms with Crippen LogP contribution in [0.2, 0.25) is 0 Å². The van der Waals surface area contributed by atoms with Crippen molar-refractivity contribution in [3.63, 3.8) is 0 Å². The number of benzene rings is 3. The van der Waals surface area contributed by atoms with E-state index in [-0.39, 0.29) is 5.56 Å². The first-order valence-corrected chi connectivity index (χ1v) is 9.67. The van der Waals surface area contributed by atoms with Crippen molar-refractivity contribution >= 4 is 16.9 Å². The van der Waals surface area contributed by atoms with Crippen molar-refractivity contribution in [2.24, 2.45) is 0 Å². The summed E-state index contributed by atoms with van der Waals surface area (Å²) in [5.74, 6) is -0.927. The number of H-pyrrole nitrogens is 1. The van der Waals surface area contributed by atoms with Gasteiger partial charge in [0.05, 0.1) is 22.5 Å². The minimum absolute atomic E-state index is 0.273. The summed E-state index contributed by atoms with van der Waals surface area (Å²) in [6, 6.07) is 31.4. The molecule has 0 aliphatic heterocycles. The van der Waals surface area contributed by atoms with Gasteiger partial charge in [0.2, 0.25) is 0 Å². The SMILES string of the molecule is O=C(O)c1ccc(-c2ccc(-c3ccc4cccc(-c5ccccc5)c4n3)[nH]2)cc1. The Hall–Kier alpha value is -4.18. The van der Waals surface area contributed by atoms with Gasteiger partial charge in [-0.2, -0.15) is 0 Å². The van der Waals surface area contributed by atoms with E-state index in [2.05, 4.69) is 41.4 Å². The van der Waals surface area contributed by atoms with Gasteiger partial charge in [-0.1, -0.05) is 66.7 Å². The van der Waals surface area contributed by atoms with Crippen LogP contribution in [0, 0.1) is 0 Å². The molecule has 5 rings (SSSR count). The Kier molecular flexibility index (Phi) is 4.37. The van der Waals surface area contributed by atoms with Crippen molar-refractivity contribution in [2.75, 3.05) is 0 Å². The molecule has 0 bridgehead atoms. The van der Waals surface area contributed by atoms with Gasteiger partial charge in [0.1, 0.15) is 0 Å². The molecule has 0 aliphatic rings. The number of hydrogen-bond donors (Lipinski definition) is 2. The molecule has 4 heteroatoms. The van der Waals surface area contributed by atoms with Crippen LogP contribution in [0.25, 0.3) is 44.7 Å². The molecule has 0 radical (unpaired) electrons. The van der Waals surface area contributed by atoms with E-state index in [4.69, 9.17) is 10.1 Å². The Morgan fingerprint density at radius 2 is 1.47 bits per heavy atom. The number of carbonyl (C=O) groups is 1. The minimum atomic E-state index is -0.927. The van der Waals surface area contributed by atoms with Crippen LogP contribution in [0.4, 0.5) is 0 Å². The largest absolute Gasteiger partial charge is 0.478 e. The quantitative estimate of drug-likeness (QED) is 0.380. The Labute approximate surface area is 173 Å². The lowest BCUT2D eigenvalue weighted by Crippen LogP contribution is -1.95. The van der Waals surface area contributed by atoms with Crippen molar-refractivity contribution in [3.05, 3.63) is 103 Å². The lowest BCUT2D eigenvalue weighted by atomic mass is 10.0. The second kappa shape index (κ2) is 7.33. The van der Waals surface area contributed by atoms with E-state index in [1.807, 2.05) is 36.4 Å². The molecule has 2 heterocycles. The van der Waals surface area contributed by atoms with Crippen LogP contribution in [-0.4, -0.2) is 21.0 Å². The number of nitrogens with zero attached hydrogens (tertiary/aromatic N) is 1. The molecule has 0 fully saturated rings. The number of aromatic amines is 1. The molecule has 5 aromatic rings. The van der Waals surface area contributed by atoms with Gasteiger partial charge in [-0.25, -0.2) is 9.78 Å². The summed E-state index contributed by atoms with van der Waals surface area (Å²) in [6.07, 6.45) is 0. The number of para-hydroxylation sites is 1. The lowest BCUT2D eigenvalue weighted by Gasteiger charge is -2.08. The van der Waals surface area contributed by atoms with Gasteiger partial charge in [-0.3, -0.25) is 0 Å². The number of hydrogen-bond acceptors (Lipinski definition) is 2. The summed E-state index contributed by atoms with van der Waals surface area (Å²) < 4.78 is 0. The highest BCUT2D eigenvalue weighted by Crippen LogP contribution is 2.30. The molecular weight excluding hydrogens is 372 g/mol. The molecule has 2 aromatic heterocycles. The maximum absolute atomic E-state index is 11.1. The molecule has 144 valence electrons. The first-order valence-electron chi connectivity index (χ1n) is 9.67. The average molecular weight is 390 g/mol. The zero-order valence-electron chi connectivity index (χ0n) is 16.0. The highest BCUT2D eigenvalue weighted by atomic mass is 16.4. The fraction of sp³-hybridized carbons (Fsp3) is 0. The first-order chi connectivity index (χ1) is 14.7. The van der Waals surface area contributed by atoms with Crippen molar-refractivity contribution < 1.29 is 9.90 Å². The number of carboxylic acid groups (broad SMARTS) is 1. The molecule has 0 atom stereocenters. The van der Waals surface area contributed by atoms with Gasteiger partial charge in [-0.05, 0) is 41.5 Å². The van der Waals surface area contributed by atoms with Crippen LogP contribution in [0.15, 0.2) is 97.1 Å². The van der Waals surface area contributed by atoms with E-state index < -0.39 is 5.97 Å². The average Bonchev–Trinajstić information content (AvgIpc) is 3.29. The molecule has 3 aromatic carbocycles. The molecule has 30 heavy (non-hydrogen) atoms. The van der Waals surface area contributed by atoms with Gasteiger partial charge in [0, 0.05) is 16.6 Å². The number of carboxylic acids is 1. The zero-order valence-corrected chi connectivity index (χ0v) is 16.0. The topological polar surface area (TPSA) is 66.0 Å². The van der Waals surface area contributed by atoms with Crippen molar-refractivity contribution in [1.82, 2.24) is 9.97 Å².